The number of aromatic nitrogens is 4. The quantitative estimate of drug-likeness (QED) is 0.291. The number of rotatable bonds is 5. The van der Waals surface area contributed by atoms with E-state index in [1.807, 2.05) is 19.1 Å². The summed E-state index contributed by atoms with van der Waals surface area (Å²) in [5.74, 6) is 0.396. The number of hydrogen-bond acceptors (Lipinski definition) is 8. The van der Waals surface area contributed by atoms with Crippen molar-refractivity contribution in [2.75, 3.05) is 24.5 Å². The highest BCUT2D eigenvalue weighted by Crippen LogP contribution is 2.38. The number of nitro benzene ring substituents is 1. The van der Waals surface area contributed by atoms with Gasteiger partial charge in [0.1, 0.15) is 17.7 Å². The number of piperazine rings is 1. The molecule has 0 saturated carbocycles. The Balaban J connectivity index is 1.37. The Hall–Kier alpha value is -3.70. The van der Waals surface area contributed by atoms with Crippen LogP contribution in [0, 0.1) is 10.1 Å². The number of carbonyl (C=O) groups excluding carboxylic acids is 1. The van der Waals surface area contributed by atoms with Crippen molar-refractivity contribution in [1.82, 2.24) is 24.7 Å². The monoisotopic (exact) mass is 509 g/mol. The highest BCUT2D eigenvalue weighted by Gasteiger charge is 2.33. The predicted molar refractivity (Wildman–Crippen MR) is 132 cm³/mol. The molecule has 0 radical (unpaired) electrons. The number of carbonyl (C=O) groups is 1. The van der Waals surface area contributed by atoms with E-state index in [1.54, 1.807) is 45.8 Å². The van der Waals surface area contributed by atoms with Gasteiger partial charge in [0.15, 0.2) is 5.65 Å². The fourth-order valence-electron chi connectivity index (χ4n) is 4.12. The van der Waals surface area contributed by atoms with E-state index in [2.05, 4.69) is 20.2 Å². The molecule has 0 aliphatic carbocycles. The molecular weight excluding hydrogens is 490 g/mol. The lowest BCUT2D eigenvalue weighted by Gasteiger charge is -2.40. The molecule has 0 N–H and O–H groups in total. The molecular formula is C23H20ClN7O3S. The Morgan fingerprint density at radius 2 is 1.94 bits per heavy atom. The first kappa shape index (κ1) is 23.1. The van der Waals surface area contributed by atoms with E-state index in [-0.39, 0.29) is 23.2 Å². The van der Waals surface area contributed by atoms with Crippen LogP contribution in [-0.4, -0.2) is 61.2 Å². The Morgan fingerprint density at radius 1 is 1.14 bits per heavy atom. The van der Waals surface area contributed by atoms with Gasteiger partial charge < -0.3 is 9.80 Å². The molecule has 35 heavy (non-hydrogen) atoms. The molecule has 1 aliphatic rings. The standard InChI is InChI=1S/C23H20ClN7O3S/c1-15-13-28(11-12-29(15)21-10-9-20-26-25-14-30(20)27-21)23(32)18-3-2-4-19(22(18)31(33)34)35-17-7-5-16(24)6-8-17/h2-10,14-15H,11-13H2,1H3. The van der Waals surface area contributed by atoms with Crippen molar-refractivity contribution in [2.45, 2.75) is 22.8 Å². The normalized spacial score (nSPS) is 16.0. The van der Waals surface area contributed by atoms with Gasteiger partial charge in [0.05, 0.1) is 9.82 Å². The Kier molecular flexibility index (Phi) is 6.27. The number of fused-ring (bicyclic) bond motifs is 1. The zero-order valence-electron chi connectivity index (χ0n) is 18.6. The molecule has 0 spiro atoms. The average molecular weight is 510 g/mol. The Labute approximate surface area is 209 Å². The molecule has 1 unspecified atom stereocenters. The summed E-state index contributed by atoms with van der Waals surface area (Å²) in [5.41, 5.74) is 0.546. The molecule has 12 heteroatoms. The molecule has 5 rings (SSSR count). The lowest BCUT2D eigenvalue weighted by atomic mass is 10.1. The summed E-state index contributed by atoms with van der Waals surface area (Å²) in [6.07, 6.45) is 1.54. The fraction of sp³-hybridized carbons (Fsp3) is 0.217. The van der Waals surface area contributed by atoms with Gasteiger partial charge in [-0.3, -0.25) is 14.9 Å². The lowest BCUT2D eigenvalue weighted by molar-refractivity contribution is -0.388. The van der Waals surface area contributed by atoms with Crippen molar-refractivity contribution < 1.29 is 9.72 Å². The van der Waals surface area contributed by atoms with Gasteiger partial charge in [0.2, 0.25) is 0 Å². The van der Waals surface area contributed by atoms with Crippen LogP contribution in [0.25, 0.3) is 5.65 Å². The number of anilines is 1. The molecule has 1 atom stereocenters. The van der Waals surface area contributed by atoms with Crippen molar-refractivity contribution in [3.05, 3.63) is 81.6 Å². The third-order valence-corrected chi connectivity index (χ3v) is 7.12. The first-order chi connectivity index (χ1) is 16.9. The fourth-order valence-corrected chi connectivity index (χ4v) is 5.20. The molecule has 2 aromatic heterocycles. The van der Waals surface area contributed by atoms with Crippen molar-refractivity contribution in [3.8, 4) is 0 Å². The van der Waals surface area contributed by atoms with Crippen LogP contribution in [0.15, 0.2) is 70.7 Å². The number of benzene rings is 2. The minimum Gasteiger partial charge on any atom is -0.349 e. The van der Waals surface area contributed by atoms with Gasteiger partial charge >= 0.3 is 0 Å². The van der Waals surface area contributed by atoms with Gasteiger partial charge in [0, 0.05) is 35.6 Å². The Morgan fingerprint density at radius 3 is 2.69 bits per heavy atom. The molecule has 1 aliphatic heterocycles. The molecule has 1 amide bonds. The molecule has 3 heterocycles. The van der Waals surface area contributed by atoms with Crippen LogP contribution >= 0.6 is 23.4 Å². The van der Waals surface area contributed by atoms with Crippen molar-refractivity contribution >= 4 is 46.4 Å². The van der Waals surface area contributed by atoms with Gasteiger partial charge in [-0.05, 0) is 55.5 Å². The molecule has 2 aromatic carbocycles. The average Bonchev–Trinajstić information content (AvgIpc) is 3.32. The number of nitro groups is 1. The van der Waals surface area contributed by atoms with E-state index in [0.29, 0.717) is 35.2 Å². The number of hydrogen-bond donors (Lipinski definition) is 0. The lowest BCUT2D eigenvalue weighted by Crippen LogP contribution is -2.54. The first-order valence-electron chi connectivity index (χ1n) is 10.8. The van der Waals surface area contributed by atoms with Crippen LogP contribution in [0.1, 0.15) is 17.3 Å². The first-order valence-corrected chi connectivity index (χ1v) is 12.0. The molecule has 178 valence electrons. The topological polar surface area (TPSA) is 110 Å². The van der Waals surface area contributed by atoms with E-state index in [9.17, 15) is 14.9 Å². The number of nitrogens with zero attached hydrogens (tertiary/aromatic N) is 7. The van der Waals surface area contributed by atoms with E-state index < -0.39 is 4.92 Å². The number of halogens is 1. The van der Waals surface area contributed by atoms with Gasteiger partial charge in [-0.25, -0.2) is 0 Å². The van der Waals surface area contributed by atoms with Crippen molar-refractivity contribution in [3.63, 3.8) is 0 Å². The van der Waals surface area contributed by atoms with Crippen LogP contribution in [0.2, 0.25) is 5.02 Å². The second-order valence-corrected chi connectivity index (χ2v) is 9.64. The molecule has 4 aromatic rings. The van der Waals surface area contributed by atoms with Crippen LogP contribution in [0.3, 0.4) is 0 Å². The molecule has 10 nitrogen and oxygen atoms in total. The van der Waals surface area contributed by atoms with E-state index in [1.165, 1.54) is 24.2 Å². The predicted octanol–water partition coefficient (Wildman–Crippen LogP) is 4.19. The molecule has 1 fully saturated rings. The minimum atomic E-state index is -0.483. The maximum absolute atomic E-state index is 13.4. The van der Waals surface area contributed by atoms with Gasteiger partial charge in [-0.1, -0.05) is 29.4 Å². The number of para-hydroxylation sites is 1. The van der Waals surface area contributed by atoms with Crippen LogP contribution in [0.5, 0.6) is 0 Å². The zero-order valence-corrected chi connectivity index (χ0v) is 20.2. The largest absolute Gasteiger partial charge is 0.349 e. The summed E-state index contributed by atoms with van der Waals surface area (Å²) >= 11 is 7.18. The van der Waals surface area contributed by atoms with Crippen LogP contribution in [-0.2, 0) is 0 Å². The minimum absolute atomic E-state index is 0.0418. The highest BCUT2D eigenvalue weighted by molar-refractivity contribution is 7.99. The maximum atomic E-state index is 13.4. The highest BCUT2D eigenvalue weighted by atomic mass is 35.5. The summed E-state index contributed by atoms with van der Waals surface area (Å²) in [4.78, 5) is 30.0. The maximum Gasteiger partial charge on any atom is 0.295 e. The summed E-state index contributed by atoms with van der Waals surface area (Å²) in [5, 5.41) is 25.0. The van der Waals surface area contributed by atoms with Gasteiger partial charge in [0.25, 0.3) is 11.6 Å². The third-order valence-electron chi connectivity index (χ3n) is 5.81. The summed E-state index contributed by atoms with van der Waals surface area (Å²) in [6.45, 7) is 3.36. The number of amides is 1. The smallest absolute Gasteiger partial charge is 0.295 e. The molecule has 1 saturated heterocycles. The van der Waals surface area contributed by atoms with E-state index in [0.717, 1.165) is 10.7 Å². The van der Waals surface area contributed by atoms with E-state index in [4.69, 9.17) is 11.6 Å². The molecule has 0 bridgehead atoms. The SMILES string of the molecule is CC1CN(C(=O)c2cccc(Sc3ccc(Cl)cc3)c2[N+](=O)[O-])CCN1c1ccc2nncn2n1. The van der Waals surface area contributed by atoms with E-state index >= 15 is 0 Å². The van der Waals surface area contributed by atoms with Crippen molar-refractivity contribution in [2.24, 2.45) is 0 Å². The second-order valence-electron chi connectivity index (χ2n) is 8.08. The Bertz CT molecular complexity index is 1410. The zero-order chi connectivity index (χ0) is 24.5. The summed E-state index contributed by atoms with van der Waals surface area (Å²) < 4.78 is 1.60. The van der Waals surface area contributed by atoms with Crippen molar-refractivity contribution in [1.29, 1.82) is 0 Å². The van der Waals surface area contributed by atoms with Crippen LogP contribution < -0.4 is 4.90 Å². The summed E-state index contributed by atoms with van der Waals surface area (Å²) in [7, 11) is 0. The third kappa shape index (κ3) is 4.64. The van der Waals surface area contributed by atoms with Gasteiger partial charge in [-0.2, -0.15) is 4.52 Å². The second kappa shape index (κ2) is 9.51. The summed E-state index contributed by atoms with van der Waals surface area (Å²) in [6, 6.07) is 15.5. The van der Waals surface area contributed by atoms with Crippen LogP contribution in [0.4, 0.5) is 11.5 Å². The van der Waals surface area contributed by atoms with Gasteiger partial charge in [-0.15, -0.1) is 15.3 Å².